The van der Waals surface area contributed by atoms with Crippen LogP contribution in [-0.2, 0) is 4.79 Å². The van der Waals surface area contributed by atoms with Gasteiger partial charge in [-0.3, -0.25) is 9.59 Å². The van der Waals surface area contributed by atoms with E-state index in [1.165, 1.54) is 20.3 Å². The van der Waals surface area contributed by atoms with Gasteiger partial charge in [0.25, 0.3) is 11.8 Å². The molecule has 0 bridgehead atoms. The van der Waals surface area contributed by atoms with Crippen molar-refractivity contribution in [2.45, 2.75) is 0 Å². The molecular weight excluding hydrogens is 407 g/mol. The molecule has 0 spiro atoms. The van der Waals surface area contributed by atoms with Crippen LogP contribution in [-0.4, -0.2) is 45.7 Å². The van der Waals surface area contributed by atoms with Gasteiger partial charge >= 0.3 is 0 Å². The second-order valence-corrected chi connectivity index (χ2v) is 6.38. The molecule has 0 atom stereocenters. The molecule has 9 heteroatoms. The second-order valence-electron chi connectivity index (χ2n) is 5.54. The molecule has 2 aromatic carbocycles. The molecule has 7 nitrogen and oxygen atoms in total. The van der Waals surface area contributed by atoms with E-state index in [1.54, 1.807) is 30.3 Å². The number of hydrogen-bond acceptors (Lipinski definition) is 5. The molecule has 0 aliphatic heterocycles. The standard InChI is InChI=1S/C19H20Cl2N2O5/c1-26-16-5-3-12(9-17(16)27-2)19(25)23-8-7-22-18(24)11-28-15-6-4-13(20)10-14(15)21/h3-6,9-10H,7-8,11H2,1-2H3,(H,22,24)(H,23,25). The van der Waals surface area contributed by atoms with Crippen molar-refractivity contribution in [3.8, 4) is 17.2 Å². The van der Waals surface area contributed by atoms with Gasteiger partial charge in [-0.15, -0.1) is 0 Å². The summed E-state index contributed by atoms with van der Waals surface area (Å²) in [4.78, 5) is 24.0. The molecule has 2 amide bonds. The number of methoxy groups -OCH3 is 2. The van der Waals surface area contributed by atoms with Gasteiger partial charge in [0.1, 0.15) is 5.75 Å². The summed E-state index contributed by atoms with van der Waals surface area (Å²) in [6, 6.07) is 9.58. The highest BCUT2D eigenvalue weighted by Crippen LogP contribution is 2.28. The largest absolute Gasteiger partial charge is 0.493 e. The zero-order chi connectivity index (χ0) is 20.5. The average Bonchev–Trinajstić information content (AvgIpc) is 2.69. The van der Waals surface area contributed by atoms with E-state index in [0.29, 0.717) is 32.9 Å². The number of benzene rings is 2. The molecule has 0 fully saturated rings. The number of carbonyl (C=O) groups is 2. The maximum atomic E-state index is 12.2. The molecular formula is C19H20Cl2N2O5. The van der Waals surface area contributed by atoms with Gasteiger partial charge in [0.2, 0.25) is 0 Å². The first kappa shape index (κ1) is 21.7. The normalized spacial score (nSPS) is 10.1. The van der Waals surface area contributed by atoms with Crippen LogP contribution in [0.2, 0.25) is 10.0 Å². The Morgan fingerprint density at radius 3 is 2.25 bits per heavy atom. The molecule has 2 rings (SSSR count). The summed E-state index contributed by atoms with van der Waals surface area (Å²) in [7, 11) is 3.01. The monoisotopic (exact) mass is 426 g/mol. The molecule has 0 aliphatic rings. The highest BCUT2D eigenvalue weighted by atomic mass is 35.5. The Hall–Kier alpha value is -2.64. The first-order valence-electron chi connectivity index (χ1n) is 8.29. The Balaban J connectivity index is 1.73. The van der Waals surface area contributed by atoms with E-state index in [1.807, 2.05) is 0 Å². The average molecular weight is 427 g/mol. The summed E-state index contributed by atoms with van der Waals surface area (Å²) in [6.07, 6.45) is 0. The van der Waals surface area contributed by atoms with E-state index in [4.69, 9.17) is 37.4 Å². The second kappa shape index (κ2) is 10.6. The highest BCUT2D eigenvalue weighted by molar-refractivity contribution is 6.35. The van der Waals surface area contributed by atoms with Gasteiger partial charge in [0, 0.05) is 23.7 Å². The molecule has 0 aliphatic carbocycles. The number of rotatable bonds is 9. The Morgan fingerprint density at radius 2 is 1.57 bits per heavy atom. The van der Waals surface area contributed by atoms with Gasteiger partial charge in [-0.05, 0) is 36.4 Å². The molecule has 0 unspecified atom stereocenters. The summed E-state index contributed by atoms with van der Waals surface area (Å²) in [5, 5.41) is 6.14. The van der Waals surface area contributed by atoms with E-state index in [9.17, 15) is 9.59 Å². The predicted octanol–water partition coefficient (Wildman–Crippen LogP) is 2.94. The van der Waals surface area contributed by atoms with Gasteiger partial charge in [-0.25, -0.2) is 0 Å². The third-order valence-electron chi connectivity index (χ3n) is 3.63. The van der Waals surface area contributed by atoms with E-state index in [0.717, 1.165) is 0 Å². The quantitative estimate of drug-likeness (QED) is 0.602. The molecule has 0 saturated heterocycles. The lowest BCUT2D eigenvalue weighted by molar-refractivity contribution is -0.123. The minimum atomic E-state index is -0.341. The smallest absolute Gasteiger partial charge is 0.258 e. The summed E-state index contributed by atoms with van der Waals surface area (Å²) < 4.78 is 15.6. The van der Waals surface area contributed by atoms with Gasteiger partial charge in [0.05, 0.1) is 19.2 Å². The van der Waals surface area contributed by atoms with Crippen molar-refractivity contribution in [3.63, 3.8) is 0 Å². The van der Waals surface area contributed by atoms with E-state index >= 15 is 0 Å². The van der Waals surface area contributed by atoms with Crippen LogP contribution in [0, 0.1) is 0 Å². The lowest BCUT2D eigenvalue weighted by Gasteiger charge is -2.11. The van der Waals surface area contributed by atoms with Gasteiger partial charge in [0.15, 0.2) is 18.1 Å². The third-order valence-corrected chi connectivity index (χ3v) is 4.16. The predicted molar refractivity (Wildman–Crippen MR) is 107 cm³/mol. The van der Waals surface area contributed by atoms with Gasteiger partial charge in [-0.2, -0.15) is 0 Å². The molecule has 2 aromatic rings. The maximum absolute atomic E-state index is 12.2. The first-order valence-corrected chi connectivity index (χ1v) is 9.05. The van der Waals surface area contributed by atoms with Crippen LogP contribution in [0.1, 0.15) is 10.4 Å². The molecule has 28 heavy (non-hydrogen) atoms. The SMILES string of the molecule is COc1ccc(C(=O)NCCNC(=O)COc2ccc(Cl)cc2Cl)cc1OC. The lowest BCUT2D eigenvalue weighted by atomic mass is 10.2. The lowest BCUT2D eigenvalue weighted by Crippen LogP contribution is -2.36. The van der Waals surface area contributed by atoms with Gasteiger partial charge in [-0.1, -0.05) is 23.2 Å². The highest BCUT2D eigenvalue weighted by Gasteiger charge is 2.11. The summed E-state index contributed by atoms with van der Waals surface area (Å²) in [6.45, 7) is 0.293. The van der Waals surface area contributed by atoms with E-state index < -0.39 is 0 Å². The zero-order valence-corrected chi connectivity index (χ0v) is 16.9. The summed E-state index contributed by atoms with van der Waals surface area (Å²) in [5.41, 5.74) is 0.421. The summed E-state index contributed by atoms with van der Waals surface area (Å²) >= 11 is 11.8. The van der Waals surface area contributed by atoms with Crippen LogP contribution in [0.15, 0.2) is 36.4 Å². The van der Waals surface area contributed by atoms with Crippen molar-refractivity contribution >= 4 is 35.0 Å². The van der Waals surface area contributed by atoms with Crippen LogP contribution in [0.4, 0.5) is 0 Å². The minimum Gasteiger partial charge on any atom is -0.493 e. The fourth-order valence-corrected chi connectivity index (χ4v) is 2.71. The van der Waals surface area contributed by atoms with E-state index in [2.05, 4.69) is 10.6 Å². The van der Waals surface area contributed by atoms with Crippen molar-refractivity contribution in [2.75, 3.05) is 33.9 Å². The fraction of sp³-hybridized carbons (Fsp3) is 0.263. The van der Waals surface area contributed by atoms with Crippen LogP contribution in [0.5, 0.6) is 17.2 Å². The van der Waals surface area contributed by atoms with Crippen LogP contribution in [0.25, 0.3) is 0 Å². The Morgan fingerprint density at radius 1 is 0.893 bits per heavy atom. The van der Waals surface area contributed by atoms with Crippen molar-refractivity contribution < 1.29 is 23.8 Å². The van der Waals surface area contributed by atoms with Crippen LogP contribution >= 0.6 is 23.2 Å². The van der Waals surface area contributed by atoms with Gasteiger partial charge < -0.3 is 24.8 Å². The Bertz CT molecular complexity index is 845. The van der Waals surface area contributed by atoms with Crippen molar-refractivity contribution in [1.29, 1.82) is 0 Å². The molecule has 2 N–H and O–H groups in total. The van der Waals surface area contributed by atoms with Crippen molar-refractivity contribution in [3.05, 3.63) is 52.0 Å². The number of carbonyl (C=O) groups excluding carboxylic acids is 2. The Labute approximate surface area is 172 Å². The van der Waals surface area contributed by atoms with Crippen LogP contribution in [0.3, 0.4) is 0 Å². The number of ether oxygens (including phenoxy) is 3. The van der Waals surface area contributed by atoms with Crippen molar-refractivity contribution in [2.24, 2.45) is 0 Å². The zero-order valence-electron chi connectivity index (χ0n) is 15.4. The van der Waals surface area contributed by atoms with Crippen molar-refractivity contribution in [1.82, 2.24) is 10.6 Å². The van der Waals surface area contributed by atoms with Crippen LogP contribution < -0.4 is 24.8 Å². The molecule has 0 heterocycles. The number of halogens is 2. The number of hydrogen-bond donors (Lipinski definition) is 2. The summed E-state index contributed by atoms with van der Waals surface area (Å²) in [5.74, 6) is 0.724. The third kappa shape index (κ3) is 6.21. The number of amides is 2. The number of nitrogens with one attached hydrogen (secondary N) is 2. The topological polar surface area (TPSA) is 85.9 Å². The first-order chi connectivity index (χ1) is 13.4. The molecule has 0 aromatic heterocycles. The Kier molecular flexibility index (Phi) is 8.22. The molecule has 0 saturated carbocycles. The molecule has 0 radical (unpaired) electrons. The maximum Gasteiger partial charge on any atom is 0.258 e. The molecule has 150 valence electrons. The van der Waals surface area contributed by atoms with E-state index in [-0.39, 0.29) is 31.5 Å². The minimum absolute atomic E-state index is 0.203. The fourth-order valence-electron chi connectivity index (χ4n) is 2.24.